The molecule has 0 atom stereocenters. The van der Waals surface area contributed by atoms with Gasteiger partial charge in [-0.1, -0.05) is 133 Å². The van der Waals surface area contributed by atoms with Crippen molar-refractivity contribution in [2.75, 3.05) is 0 Å². The third kappa shape index (κ3) is 3.72. The molecule has 1 heterocycles. The number of hydrogen-bond acceptors (Lipinski definition) is 1. The van der Waals surface area contributed by atoms with Gasteiger partial charge in [0.25, 0.3) is 0 Å². The van der Waals surface area contributed by atoms with Gasteiger partial charge in [-0.25, -0.2) is 0 Å². The third-order valence-electron chi connectivity index (χ3n) is 7.82. The van der Waals surface area contributed by atoms with E-state index < -0.39 is 36.3 Å². The number of rotatable bonds is 3. The fourth-order valence-electron chi connectivity index (χ4n) is 5.96. The van der Waals surface area contributed by atoms with E-state index >= 15 is 0 Å². The predicted octanol–water partition coefficient (Wildman–Crippen LogP) is 12.0. The lowest BCUT2D eigenvalue weighted by atomic mass is 9.84. The van der Waals surface area contributed by atoms with Crippen LogP contribution in [0.4, 0.5) is 0 Å². The van der Waals surface area contributed by atoms with Crippen molar-refractivity contribution in [2.24, 2.45) is 0 Å². The van der Waals surface area contributed by atoms with Crippen LogP contribution in [-0.2, 0) is 0 Å². The maximum absolute atomic E-state index is 9.59. The Balaban J connectivity index is 1.47. The largest absolute Gasteiger partial charge is 0.456 e. The molecule has 1 heteroatoms. The SMILES string of the molecule is [2H]c1c([2H])c([2H])c2c(oc3c([2H])c([2H])c([2H])c(-c4c5ccccc5c(-c5c([2H])c([2H])c6c([2H])c(-c7ccccc7)c([2H])c([2H])c6c5[2H])c5ccccc45)c32)c1[2H]. The number of hydrogen-bond donors (Lipinski definition) is 0. The summed E-state index contributed by atoms with van der Waals surface area (Å²) >= 11 is 0. The Morgan fingerprint density at radius 3 is 1.72 bits per heavy atom. The van der Waals surface area contributed by atoms with E-state index in [1.165, 1.54) is 0 Å². The highest BCUT2D eigenvalue weighted by Crippen LogP contribution is 2.47. The Labute approximate surface area is 267 Å². The van der Waals surface area contributed by atoms with Crippen molar-refractivity contribution in [2.45, 2.75) is 0 Å². The van der Waals surface area contributed by atoms with Crippen LogP contribution in [0.3, 0.4) is 0 Å². The number of para-hydroxylation sites is 1. The Bertz CT molecular complexity index is 3170. The normalized spacial score (nSPS) is 16.0. The molecule has 1 aromatic heterocycles. The molecule has 0 unspecified atom stereocenters. The molecule has 0 aliphatic rings. The number of benzene rings is 8. The van der Waals surface area contributed by atoms with Crippen molar-refractivity contribution in [1.29, 1.82) is 0 Å². The average molecular weight is 560 g/mol. The molecular formula is C42H26O. The summed E-state index contributed by atoms with van der Waals surface area (Å²) in [5.74, 6) is 0. The van der Waals surface area contributed by atoms with Gasteiger partial charge < -0.3 is 4.42 Å². The van der Waals surface area contributed by atoms with E-state index in [1.54, 1.807) is 78.9 Å². The minimum atomic E-state index is -0.532. The van der Waals surface area contributed by atoms with Gasteiger partial charge in [0.05, 0.1) is 17.8 Å². The van der Waals surface area contributed by atoms with Gasteiger partial charge in [-0.3, -0.25) is 0 Å². The Morgan fingerprint density at radius 1 is 0.419 bits per heavy atom. The molecule has 8 aromatic carbocycles. The van der Waals surface area contributed by atoms with Crippen LogP contribution >= 0.6 is 0 Å². The zero-order valence-electron chi connectivity index (χ0n) is 35.4. The van der Waals surface area contributed by atoms with E-state index in [9.17, 15) is 5.48 Å². The fourth-order valence-corrected chi connectivity index (χ4v) is 5.96. The first kappa shape index (κ1) is 14.5. The van der Waals surface area contributed by atoms with E-state index in [0.717, 1.165) is 0 Å². The Kier molecular flexibility index (Phi) is 3.18. The summed E-state index contributed by atoms with van der Waals surface area (Å²) in [6, 6.07) is 17.5. The maximum Gasteiger partial charge on any atom is 0.136 e. The summed E-state index contributed by atoms with van der Waals surface area (Å²) in [7, 11) is 0. The first-order valence-corrected chi connectivity index (χ1v) is 13.7. The van der Waals surface area contributed by atoms with Gasteiger partial charge in [0.15, 0.2) is 0 Å². The van der Waals surface area contributed by atoms with Crippen molar-refractivity contribution in [3.05, 3.63) is 157 Å². The van der Waals surface area contributed by atoms with Crippen LogP contribution in [0, 0.1) is 0 Å². The number of fused-ring (bicyclic) bond motifs is 6. The summed E-state index contributed by atoms with van der Waals surface area (Å²) in [4.78, 5) is 0. The van der Waals surface area contributed by atoms with Gasteiger partial charge in [0.2, 0.25) is 0 Å². The van der Waals surface area contributed by atoms with Crippen LogP contribution in [0.1, 0.15) is 17.8 Å². The first-order valence-electron chi connectivity index (χ1n) is 20.2. The van der Waals surface area contributed by atoms with Crippen LogP contribution in [0.15, 0.2) is 162 Å². The van der Waals surface area contributed by atoms with Crippen molar-refractivity contribution in [1.82, 2.24) is 0 Å². The summed E-state index contributed by atoms with van der Waals surface area (Å²) < 4.78 is 122. The molecule has 9 aromatic rings. The van der Waals surface area contributed by atoms with E-state index in [0.29, 0.717) is 38.2 Å². The molecule has 0 aliphatic carbocycles. The van der Waals surface area contributed by atoms with Crippen molar-refractivity contribution in [3.8, 4) is 33.4 Å². The van der Waals surface area contributed by atoms with Gasteiger partial charge in [0, 0.05) is 10.8 Å². The zero-order valence-corrected chi connectivity index (χ0v) is 22.4. The van der Waals surface area contributed by atoms with Gasteiger partial charge in [-0.05, 0) is 89.9 Å². The molecule has 1 nitrogen and oxygen atoms in total. The maximum atomic E-state index is 9.59. The highest BCUT2D eigenvalue weighted by molar-refractivity contribution is 6.25. The molecule has 0 fully saturated rings. The lowest BCUT2D eigenvalue weighted by molar-refractivity contribution is 0.669. The van der Waals surface area contributed by atoms with E-state index in [4.69, 9.17) is 16.8 Å². The summed E-state index contributed by atoms with van der Waals surface area (Å²) in [6.45, 7) is 0. The summed E-state index contributed by atoms with van der Waals surface area (Å²) in [5, 5.41) is 1.73. The molecule has 0 bridgehead atoms. The van der Waals surface area contributed by atoms with Gasteiger partial charge >= 0.3 is 0 Å². The molecule has 0 N–H and O–H groups in total. The lowest BCUT2D eigenvalue weighted by Gasteiger charge is -2.18. The molecule has 0 amide bonds. The van der Waals surface area contributed by atoms with E-state index in [-0.39, 0.29) is 91.7 Å². The van der Waals surface area contributed by atoms with Gasteiger partial charge in [-0.2, -0.15) is 0 Å². The second kappa shape index (κ2) is 9.44. The number of furan rings is 1. The van der Waals surface area contributed by atoms with Crippen LogP contribution in [0.2, 0.25) is 0 Å². The second-order valence-electron chi connectivity index (χ2n) is 10.2. The quantitative estimate of drug-likeness (QED) is 0.196. The van der Waals surface area contributed by atoms with Crippen molar-refractivity contribution >= 4 is 54.3 Å². The highest BCUT2D eigenvalue weighted by Gasteiger charge is 2.20. The molecule has 200 valence electrons. The minimum Gasteiger partial charge on any atom is -0.456 e. The third-order valence-corrected chi connectivity index (χ3v) is 7.82. The minimum absolute atomic E-state index is 0.00279. The molecule has 0 spiro atoms. The topological polar surface area (TPSA) is 13.1 Å². The molecule has 43 heavy (non-hydrogen) atoms. The first-order chi connectivity index (χ1) is 26.8. The van der Waals surface area contributed by atoms with E-state index in [1.807, 2.05) is 0 Å². The summed E-state index contributed by atoms with van der Waals surface area (Å²) in [6.07, 6.45) is 0. The van der Waals surface area contributed by atoms with Crippen LogP contribution in [0.25, 0.3) is 87.6 Å². The van der Waals surface area contributed by atoms with Gasteiger partial charge in [-0.15, -0.1) is 0 Å². The fraction of sp³-hybridized carbons (Fsp3) is 0. The van der Waals surface area contributed by atoms with Crippen LogP contribution < -0.4 is 0 Å². The van der Waals surface area contributed by atoms with E-state index in [2.05, 4.69) is 0 Å². The van der Waals surface area contributed by atoms with Crippen LogP contribution in [0.5, 0.6) is 0 Å². The smallest absolute Gasteiger partial charge is 0.136 e. The molecule has 0 aliphatic heterocycles. The molecule has 9 rings (SSSR count). The molecule has 0 radical (unpaired) electrons. The van der Waals surface area contributed by atoms with Crippen molar-refractivity contribution in [3.63, 3.8) is 0 Å². The zero-order chi connectivity index (χ0) is 39.6. The summed E-state index contributed by atoms with van der Waals surface area (Å²) in [5.41, 5.74) is 1.10. The lowest BCUT2D eigenvalue weighted by Crippen LogP contribution is -1.91. The van der Waals surface area contributed by atoms with Crippen LogP contribution in [-0.4, -0.2) is 0 Å². The average Bonchev–Trinajstić information content (AvgIpc) is 3.60. The van der Waals surface area contributed by atoms with Crippen molar-refractivity contribution < 1.29 is 22.2 Å². The van der Waals surface area contributed by atoms with Gasteiger partial charge in [0.1, 0.15) is 11.2 Å². The Morgan fingerprint density at radius 2 is 1.00 bits per heavy atom. The highest BCUT2D eigenvalue weighted by atomic mass is 16.3. The standard InChI is InChI=1S/C42H26O/c1-2-11-27(12-3-1)28-21-22-30-26-31(24-23-29(30)25-28)40-32-13-4-6-15-34(32)41(35-16-7-5-14-33(35)40)37-18-10-20-39-42(37)36-17-8-9-19-38(36)43-39/h1-26H/i8D,9D,10D,17D,18D,19D,20D,21D,22D,23D,24D,25D,26D. The molecule has 0 saturated heterocycles. The monoisotopic (exact) mass is 559 g/mol. The predicted molar refractivity (Wildman–Crippen MR) is 183 cm³/mol. The Hall–Kier alpha value is -5.66. The molecular weight excluding hydrogens is 520 g/mol. The molecule has 0 saturated carbocycles. The second-order valence-corrected chi connectivity index (χ2v) is 10.2.